The number of ether oxygens (including phenoxy) is 1. The predicted molar refractivity (Wildman–Crippen MR) is 70.7 cm³/mol. The van der Waals surface area contributed by atoms with Crippen LogP contribution in [-0.4, -0.2) is 26.1 Å². The fourth-order valence-corrected chi connectivity index (χ4v) is 1.41. The highest BCUT2D eigenvalue weighted by atomic mass is 35.5. The van der Waals surface area contributed by atoms with Gasteiger partial charge >= 0.3 is 0 Å². The molecule has 0 aromatic heterocycles. The van der Waals surface area contributed by atoms with Gasteiger partial charge in [-0.15, -0.1) is 12.4 Å². The van der Waals surface area contributed by atoms with Crippen molar-refractivity contribution in [3.63, 3.8) is 0 Å². The first-order valence-corrected chi connectivity index (χ1v) is 5.30. The average Bonchev–Trinajstić information content (AvgIpc) is 2.35. The molecular weight excluding hydrogens is 240 g/mol. The largest absolute Gasteiger partial charge is 0.497 e. The Morgan fingerprint density at radius 1 is 1.53 bits per heavy atom. The molecule has 1 atom stereocenters. The summed E-state index contributed by atoms with van der Waals surface area (Å²) >= 11 is 0. The number of amides is 1. The van der Waals surface area contributed by atoms with Gasteiger partial charge in [0.25, 0.3) is 0 Å². The third-order valence-corrected chi connectivity index (χ3v) is 2.43. The van der Waals surface area contributed by atoms with E-state index >= 15 is 0 Å². The van der Waals surface area contributed by atoms with Crippen LogP contribution in [0.2, 0.25) is 0 Å². The number of carbonyl (C=O) groups excluding carboxylic acids is 1. The van der Waals surface area contributed by atoms with Crippen molar-refractivity contribution in [1.29, 1.82) is 0 Å². The highest BCUT2D eigenvalue weighted by Crippen LogP contribution is 2.20. The lowest BCUT2D eigenvalue weighted by atomic mass is 10.0. The molecule has 3 N–H and O–H groups in total. The Morgan fingerprint density at radius 2 is 2.24 bits per heavy atom. The van der Waals surface area contributed by atoms with Crippen molar-refractivity contribution in [3.8, 4) is 5.75 Å². The van der Waals surface area contributed by atoms with E-state index in [4.69, 9.17) is 10.5 Å². The lowest BCUT2D eigenvalue weighted by Crippen LogP contribution is -2.32. The molecule has 0 aliphatic carbocycles. The second kappa shape index (κ2) is 7.92. The van der Waals surface area contributed by atoms with Crippen molar-refractivity contribution in [3.05, 3.63) is 29.8 Å². The van der Waals surface area contributed by atoms with Crippen LogP contribution in [-0.2, 0) is 4.79 Å². The Bertz CT molecular complexity index is 358. The smallest absolute Gasteiger partial charge is 0.227 e. The van der Waals surface area contributed by atoms with Crippen LogP contribution in [0.4, 0.5) is 0 Å². The van der Waals surface area contributed by atoms with Crippen molar-refractivity contribution < 1.29 is 9.53 Å². The molecule has 0 bridgehead atoms. The van der Waals surface area contributed by atoms with E-state index in [0.717, 1.165) is 11.3 Å². The molecule has 0 fully saturated rings. The number of hydrogen-bond acceptors (Lipinski definition) is 3. The van der Waals surface area contributed by atoms with Crippen LogP contribution < -0.4 is 15.8 Å². The number of rotatable bonds is 5. The zero-order chi connectivity index (χ0) is 12.0. The summed E-state index contributed by atoms with van der Waals surface area (Å²) in [7, 11) is 1.61. The second-order valence-electron chi connectivity index (χ2n) is 3.58. The molecular formula is C12H19ClN2O2. The van der Waals surface area contributed by atoms with Crippen LogP contribution in [0, 0.1) is 0 Å². The van der Waals surface area contributed by atoms with Crippen LogP contribution in [0.15, 0.2) is 24.3 Å². The normalized spacial score (nSPS) is 11.2. The van der Waals surface area contributed by atoms with Gasteiger partial charge in [0.1, 0.15) is 5.75 Å². The highest BCUT2D eigenvalue weighted by molar-refractivity contribution is 5.85. The van der Waals surface area contributed by atoms with Crippen LogP contribution in [0.25, 0.3) is 0 Å². The molecule has 1 amide bonds. The summed E-state index contributed by atoms with van der Waals surface area (Å²) in [5.41, 5.74) is 6.27. The number of hydrogen-bond donors (Lipinski definition) is 2. The highest BCUT2D eigenvalue weighted by Gasteiger charge is 2.14. The first-order chi connectivity index (χ1) is 7.69. The Balaban J connectivity index is 0.00000256. The lowest BCUT2D eigenvalue weighted by Gasteiger charge is -2.12. The van der Waals surface area contributed by atoms with Crippen molar-refractivity contribution in [2.75, 3.05) is 20.2 Å². The summed E-state index contributed by atoms with van der Waals surface area (Å²) in [4.78, 5) is 11.7. The van der Waals surface area contributed by atoms with Gasteiger partial charge in [-0.1, -0.05) is 12.1 Å². The Kier molecular flexibility index (Phi) is 7.34. The fraction of sp³-hybridized carbons (Fsp3) is 0.417. The topological polar surface area (TPSA) is 64.3 Å². The second-order valence-corrected chi connectivity index (χ2v) is 3.58. The first-order valence-electron chi connectivity index (χ1n) is 5.30. The van der Waals surface area contributed by atoms with Gasteiger partial charge in [0.05, 0.1) is 13.0 Å². The summed E-state index contributed by atoms with van der Waals surface area (Å²) in [5, 5.41) is 2.76. The summed E-state index contributed by atoms with van der Waals surface area (Å²) in [6, 6.07) is 7.51. The zero-order valence-electron chi connectivity index (χ0n) is 10.1. The van der Waals surface area contributed by atoms with Gasteiger partial charge in [0.2, 0.25) is 5.91 Å². The summed E-state index contributed by atoms with van der Waals surface area (Å²) in [6.07, 6.45) is 0. The van der Waals surface area contributed by atoms with E-state index in [1.54, 1.807) is 7.11 Å². The van der Waals surface area contributed by atoms with E-state index in [1.807, 2.05) is 31.2 Å². The minimum Gasteiger partial charge on any atom is -0.497 e. The number of benzene rings is 1. The summed E-state index contributed by atoms with van der Waals surface area (Å²) < 4.78 is 5.11. The molecule has 1 aromatic carbocycles. The average molecular weight is 259 g/mol. The first kappa shape index (κ1) is 15.7. The molecule has 4 nitrogen and oxygen atoms in total. The predicted octanol–water partition coefficient (Wildman–Crippen LogP) is 1.30. The number of methoxy groups -OCH3 is 1. The van der Waals surface area contributed by atoms with Gasteiger partial charge in [0.15, 0.2) is 0 Å². The molecule has 0 radical (unpaired) electrons. The zero-order valence-corrected chi connectivity index (χ0v) is 10.9. The SMILES string of the molecule is COc1cccc(C(C)C(=O)NCCN)c1.Cl. The molecule has 1 unspecified atom stereocenters. The molecule has 96 valence electrons. The van der Waals surface area contributed by atoms with E-state index in [1.165, 1.54) is 0 Å². The maximum Gasteiger partial charge on any atom is 0.227 e. The molecule has 0 spiro atoms. The number of nitrogens with two attached hydrogens (primary N) is 1. The van der Waals surface area contributed by atoms with Gasteiger partial charge in [-0.2, -0.15) is 0 Å². The molecule has 5 heteroatoms. The fourth-order valence-electron chi connectivity index (χ4n) is 1.41. The summed E-state index contributed by atoms with van der Waals surface area (Å²) in [6.45, 7) is 2.82. The monoisotopic (exact) mass is 258 g/mol. The molecule has 0 saturated heterocycles. The third kappa shape index (κ3) is 4.63. The molecule has 1 aromatic rings. The number of nitrogens with one attached hydrogen (secondary N) is 1. The van der Waals surface area contributed by atoms with Crippen molar-refractivity contribution in [2.45, 2.75) is 12.8 Å². The van der Waals surface area contributed by atoms with Gasteiger partial charge < -0.3 is 15.8 Å². The van der Waals surface area contributed by atoms with Gasteiger partial charge in [0, 0.05) is 13.1 Å². The Hall–Kier alpha value is -1.26. The minimum atomic E-state index is -0.193. The van der Waals surface area contributed by atoms with Crippen LogP contribution in [0.5, 0.6) is 5.75 Å². The van der Waals surface area contributed by atoms with E-state index in [-0.39, 0.29) is 24.2 Å². The van der Waals surface area contributed by atoms with E-state index in [0.29, 0.717) is 13.1 Å². The molecule has 17 heavy (non-hydrogen) atoms. The Morgan fingerprint density at radius 3 is 2.82 bits per heavy atom. The summed E-state index contributed by atoms with van der Waals surface area (Å²) in [5.74, 6) is 0.552. The number of carbonyl (C=O) groups is 1. The Labute approximate surface area is 108 Å². The van der Waals surface area contributed by atoms with Crippen LogP contribution in [0.1, 0.15) is 18.4 Å². The van der Waals surface area contributed by atoms with Crippen molar-refractivity contribution >= 4 is 18.3 Å². The van der Waals surface area contributed by atoms with E-state index in [2.05, 4.69) is 5.32 Å². The van der Waals surface area contributed by atoms with Gasteiger partial charge in [-0.25, -0.2) is 0 Å². The quantitative estimate of drug-likeness (QED) is 0.837. The lowest BCUT2D eigenvalue weighted by molar-refractivity contribution is -0.122. The molecule has 0 saturated carbocycles. The van der Waals surface area contributed by atoms with Crippen LogP contribution >= 0.6 is 12.4 Å². The maximum atomic E-state index is 11.7. The third-order valence-electron chi connectivity index (χ3n) is 2.43. The number of halogens is 1. The molecule has 0 aliphatic heterocycles. The molecule has 1 rings (SSSR count). The van der Waals surface area contributed by atoms with E-state index in [9.17, 15) is 4.79 Å². The van der Waals surface area contributed by atoms with Gasteiger partial charge in [-0.3, -0.25) is 4.79 Å². The van der Waals surface area contributed by atoms with Gasteiger partial charge in [-0.05, 0) is 24.6 Å². The van der Waals surface area contributed by atoms with E-state index < -0.39 is 0 Å². The van der Waals surface area contributed by atoms with Crippen LogP contribution in [0.3, 0.4) is 0 Å². The molecule has 0 aliphatic rings. The maximum absolute atomic E-state index is 11.7. The van der Waals surface area contributed by atoms with Crippen molar-refractivity contribution in [2.24, 2.45) is 5.73 Å². The minimum absolute atomic E-state index is 0. The molecule has 0 heterocycles. The van der Waals surface area contributed by atoms with Crippen molar-refractivity contribution in [1.82, 2.24) is 5.32 Å². The standard InChI is InChI=1S/C12H18N2O2.ClH/c1-9(12(15)14-7-6-13)10-4-3-5-11(8-10)16-2;/h3-5,8-9H,6-7,13H2,1-2H3,(H,14,15);1H.